The largest absolute Gasteiger partial charge is 0.390 e. The number of anilines is 1. The van der Waals surface area contributed by atoms with E-state index < -0.39 is 17.5 Å². The number of nitro groups is 1. The molecule has 0 radical (unpaired) electrons. The van der Waals surface area contributed by atoms with Gasteiger partial charge in [0.05, 0.1) is 11.3 Å². The fourth-order valence-corrected chi connectivity index (χ4v) is 2.57. The summed E-state index contributed by atoms with van der Waals surface area (Å²) in [5, 5.41) is 11.4. The van der Waals surface area contributed by atoms with Gasteiger partial charge in [0.25, 0.3) is 5.69 Å². The minimum Gasteiger partial charge on any atom is -0.363 e. The van der Waals surface area contributed by atoms with Crippen molar-refractivity contribution in [2.75, 3.05) is 37.6 Å². The Morgan fingerprint density at radius 2 is 1.86 bits per heavy atom. The van der Waals surface area contributed by atoms with Crippen LogP contribution in [-0.2, 0) is 0 Å². The van der Waals surface area contributed by atoms with Crippen LogP contribution in [0.4, 0.5) is 24.5 Å². The molecule has 1 aliphatic rings. The van der Waals surface area contributed by atoms with Crippen LogP contribution >= 0.6 is 11.6 Å². The monoisotopic (exact) mass is 337 g/mol. The van der Waals surface area contributed by atoms with Gasteiger partial charge in [-0.3, -0.25) is 15.0 Å². The van der Waals surface area contributed by atoms with Crippen LogP contribution in [0.2, 0.25) is 5.02 Å². The Kier molecular flexibility index (Phi) is 5.12. The van der Waals surface area contributed by atoms with E-state index in [2.05, 4.69) is 0 Å². The second-order valence-electron chi connectivity index (χ2n) is 5.08. The summed E-state index contributed by atoms with van der Waals surface area (Å²) in [6.07, 6.45) is -5.01. The number of alkyl halides is 3. The Bertz CT molecular complexity index is 546. The predicted octanol–water partition coefficient (Wildman–Crippen LogP) is 3.32. The van der Waals surface area contributed by atoms with Crippen LogP contribution in [0, 0.1) is 10.1 Å². The molecule has 1 heterocycles. The molecule has 5 nitrogen and oxygen atoms in total. The highest BCUT2D eigenvalue weighted by molar-refractivity contribution is 6.31. The molecule has 9 heteroatoms. The van der Waals surface area contributed by atoms with Gasteiger partial charge < -0.3 is 4.90 Å². The zero-order valence-corrected chi connectivity index (χ0v) is 12.4. The van der Waals surface area contributed by atoms with E-state index >= 15 is 0 Å². The second-order valence-corrected chi connectivity index (χ2v) is 5.52. The first-order valence-electron chi connectivity index (χ1n) is 6.74. The van der Waals surface area contributed by atoms with E-state index in [4.69, 9.17) is 11.6 Å². The van der Waals surface area contributed by atoms with E-state index in [9.17, 15) is 23.3 Å². The zero-order valence-electron chi connectivity index (χ0n) is 11.6. The Labute approximate surface area is 130 Å². The number of piperazine rings is 1. The van der Waals surface area contributed by atoms with Gasteiger partial charge in [-0.05, 0) is 12.1 Å². The van der Waals surface area contributed by atoms with Crippen molar-refractivity contribution in [1.29, 1.82) is 0 Å². The molecule has 0 aromatic heterocycles. The van der Waals surface area contributed by atoms with Crippen LogP contribution in [0.15, 0.2) is 18.2 Å². The Balaban J connectivity index is 2.00. The highest BCUT2D eigenvalue weighted by Crippen LogP contribution is 2.31. The summed E-state index contributed by atoms with van der Waals surface area (Å²) in [4.78, 5) is 14.1. The molecule has 0 unspecified atom stereocenters. The summed E-state index contributed by atoms with van der Waals surface area (Å²) in [7, 11) is 0. The number of nitrogens with zero attached hydrogens (tertiary/aromatic N) is 3. The van der Waals surface area contributed by atoms with Gasteiger partial charge in [0.1, 0.15) is 5.69 Å². The molecular formula is C13H15ClF3N3O2. The van der Waals surface area contributed by atoms with Gasteiger partial charge in [0, 0.05) is 43.8 Å². The van der Waals surface area contributed by atoms with Gasteiger partial charge in [-0.25, -0.2) is 0 Å². The number of nitro benzene ring substituents is 1. The Hall–Kier alpha value is -1.54. The third-order valence-corrected chi connectivity index (χ3v) is 3.79. The highest BCUT2D eigenvalue weighted by Gasteiger charge is 2.29. The summed E-state index contributed by atoms with van der Waals surface area (Å²) >= 11 is 5.88. The summed E-state index contributed by atoms with van der Waals surface area (Å²) in [6.45, 7) is 1.67. The molecule has 2 rings (SSSR count). The molecule has 0 aliphatic carbocycles. The van der Waals surface area contributed by atoms with Crippen molar-refractivity contribution in [3.05, 3.63) is 33.3 Å². The van der Waals surface area contributed by atoms with E-state index in [1.165, 1.54) is 18.2 Å². The van der Waals surface area contributed by atoms with Crippen molar-refractivity contribution in [2.45, 2.75) is 12.6 Å². The lowest BCUT2D eigenvalue weighted by atomic mass is 10.2. The van der Waals surface area contributed by atoms with Gasteiger partial charge in [0.15, 0.2) is 0 Å². The first-order chi connectivity index (χ1) is 10.3. The molecule has 1 saturated heterocycles. The van der Waals surface area contributed by atoms with Crippen LogP contribution in [0.1, 0.15) is 6.42 Å². The summed E-state index contributed by atoms with van der Waals surface area (Å²) in [5.74, 6) is 0. The van der Waals surface area contributed by atoms with Crippen molar-refractivity contribution in [3.63, 3.8) is 0 Å². The van der Waals surface area contributed by atoms with Crippen LogP contribution in [0.5, 0.6) is 0 Å². The lowest BCUT2D eigenvalue weighted by Crippen LogP contribution is -2.47. The first-order valence-corrected chi connectivity index (χ1v) is 7.12. The van der Waals surface area contributed by atoms with Gasteiger partial charge in [-0.15, -0.1) is 0 Å². The molecule has 1 fully saturated rings. The van der Waals surface area contributed by atoms with Crippen LogP contribution < -0.4 is 4.90 Å². The molecule has 122 valence electrons. The quantitative estimate of drug-likeness (QED) is 0.624. The van der Waals surface area contributed by atoms with Gasteiger partial charge in [-0.2, -0.15) is 13.2 Å². The maximum atomic E-state index is 12.2. The van der Waals surface area contributed by atoms with Crippen LogP contribution in [0.3, 0.4) is 0 Å². The molecular weight excluding hydrogens is 323 g/mol. The number of hydrogen-bond acceptors (Lipinski definition) is 4. The molecule has 0 bridgehead atoms. The smallest absolute Gasteiger partial charge is 0.363 e. The Morgan fingerprint density at radius 1 is 1.23 bits per heavy atom. The van der Waals surface area contributed by atoms with E-state index in [0.29, 0.717) is 36.9 Å². The zero-order chi connectivity index (χ0) is 16.3. The fourth-order valence-electron chi connectivity index (χ4n) is 2.40. The van der Waals surface area contributed by atoms with Gasteiger partial charge in [-0.1, -0.05) is 11.6 Å². The summed E-state index contributed by atoms with van der Waals surface area (Å²) < 4.78 is 36.6. The van der Waals surface area contributed by atoms with Gasteiger partial charge >= 0.3 is 6.18 Å². The number of benzene rings is 1. The Morgan fingerprint density at radius 3 is 2.41 bits per heavy atom. The molecule has 22 heavy (non-hydrogen) atoms. The summed E-state index contributed by atoms with van der Waals surface area (Å²) in [5.41, 5.74) is 0.362. The SMILES string of the molecule is O=[N+]([O-])c1ccc(Cl)cc1N1CCN(CCC(F)(F)F)CC1. The number of rotatable bonds is 4. The molecule has 0 N–H and O–H groups in total. The van der Waals surface area contributed by atoms with Crippen molar-refractivity contribution in [3.8, 4) is 0 Å². The molecule has 0 spiro atoms. The minimum atomic E-state index is -4.16. The first kappa shape index (κ1) is 16.8. The van der Waals surface area contributed by atoms with E-state index in [1.807, 2.05) is 0 Å². The standard InChI is InChI=1S/C13H15ClF3N3O2/c14-10-1-2-11(20(21)22)12(9-10)19-7-5-18(6-8-19)4-3-13(15,16)17/h1-2,9H,3-8H2. The molecule has 1 aromatic rings. The normalized spacial score (nSPS) is 16.8. The average Bonchev–Trinajstić information content (AvgIpc) is 2.44. The predicted molar refractivity (Wildman–Crippen MR) is 77.4 cm³/mol. The van der Waals surface area contributed by atoms with E-state index in [0.717, 1.165) is 0 Å². The van der Waals surface area contributed by atoms with E-state index in [-0.39, 0.29) is 12.2 Å². The number of halogens is 4. The maximum Gasteiger partial charge on any atom is 0.390 e. The minimum absolute atomic E-state index is 0.0466. The van der Waals surface area contributed by atoms with Crippen molar-refractivity contribution >= 4 is 23.0 Å². The average molecular weight is 338 g/mol. The lowest BCUT2D eigenvalue weighted by Gasteiger charge is -2.35. The van der Waals surface area contributed by atoms with Crippen LogP contribution in [0.25, 0.3) is 0 Å². The third kappa shape index (κ3) is 4.48. The van der Waals surface area contributed by atoms with Crippen LogP contribution in [-0.4, -0.2) is 48.7 Å². The number of hydrogen-bond donors (Lipinski definition) is 0. The molecule has 1 aliphatic heterocycles. The lowest BCUT2D eigenvalue weighted by molar-refractivity contribution is -0.384. The van der Waals surface area contributed by atoms with Crippen molar-refractivity contribution < 1.29 is 18.1 Å². The third-order valence-electron chi connectivity index (χ3n) is 3.56. The summed E-state index contributed by atoms with van der Waals surface area (Å²) in [6, 6.07) is 4.31. The fraction of sp³-hybridized carbons (Fsp3) is 0.538. The van der Waals surface area contributed by atoms with Crippen molar-refractivity contribution in [1.82, 2.24) is 4.90 Å². The molecule has 1 aromatic carbocycles. The van der Waals surface area contributed by atoms with Crippen molar-refractivity contribution in [2.24, 2.45) is 0 Å². The van der Waals surface area contributed by atoms with E-state index in [1.54, 1.807) is 9.80 Å². The van der Waals surface area contributed by atoms with Gasteiger partial charge in [0.2, 0.25) is 0 Å². The second kappa shape index (κ2) is 6.70. The molecule has 0 amide bonds. The maximum absolute atomic E-state index is 12.2. The topological polar surface area (TPSA) is 49.6 Å². The molecule has 0 saturated carbocycles. The highest BCUT2D eigenvalue weighted by atomic mass is 35.5. The molecule has 0 atom stereocenters.